The number of ether oxygens (including phenoxy) is 1. The van der Waals surface area contributed by atoms with E-state index in [2.05, 4.69) is 10.5 Å². The summed E-state index contributed by atoms with van der Waals surface area (Å²) in [6.07, 6.45) is -0.658. The van der Waals surface area contributed by atoms with E-state index in [-0.39, 0.29) is 18.4 Å². The molecule has 1 N–H and O–H groups in total. The summed E-state index contributed by atoms with van der Waals surface area (Å²) in [5.41, 5.74) is 0.481. The van der Waals surface area contributed by atoms with Gasteiger partial charge in [-0.25, -0.2) is 0 Å². The lowest BCUT2D eigenvalue weighted by Crippen LogP contribution is -2.53. The van der Waals surface area contributed by atoms with Crippen LogP contribution in [-0.2, 0) is 9.59 Å². The highest BCUT2D eigenvalue weighted by atomic mass is 16.5. The first kappa shape index (κ1) is 20.4. The second-order valence-electron chi connectivity index (χ2n) is 6.87. The van der Waals surface area contributed by atoms with Crippen molar-refractivity contribution in [3.63, 3.8) is 0 Å². The molecule has 0 radical (unpaired) electrons. The van der Waals surface area contributed by atoms with Gasteiger partial charge in [0.15, 0.2) is 11.9 Å². The first-order valence-electron chi connectivity index (χ1n) is 9.36. The lowest BCUT2D eigenvalue weighted by atomic mass is 10.2. The van der Waals surface area contributed by atoms with Crippen LogP contribution in [0.25, 0.3) is 0 Å². The summed E-state index contributed by atoms with van der Waals surface area (Å²) in [4.78, 5) is 28.5. The Balaban J connectivity index is 1.45. The zero-order valence-electron chi connectivity index (χ0n) is 16.4. The highest BCUT2D eigenvalue weighted by molar-refractivity contribution is 5.91. The van der Waals surface area contributed by atoms with E-state index in [1.165, 1.54) is 0 Å². The summed E-state index contributed by atoms with van der Waals surface area (Å²) < 4.78 is 10.6. The number of anilines is 1. The second-order valence-corrected chi connectivity index (χ2v) is 6.87. The number of benzene rings is 1. The zero-order valence-corrected chi connectivity index (χ0v) is 16.4. The fourth-order valence-electron chi connectivity index (χ4n) is 3.09. The zero-order chi connectivity index (χ0) is 20.8. The van der Waals surface area contributed by atoms with Crippen LogP contribution in [0.4, 0.5) is 5.82 Å². The fourth-order valence-corrected chi connectivity index (χ4v) is 3.09. The Labute approximate surface area is 168 Å². The number of amides is 2. The Morgan fingerprint density at radius 2 is 2.07 bits per heavy atom. The molecule has 1 unspecified atom stereocenters. The van der Waals surface area contributed by atoms with Crippen molar-refractivity contribution in [1.82, 2.24) is 15.0 Å². The lowest BCUT2D eigenvalue weighted by Gasteiger charge is -2.35. The van der Waals surface area contributed by atoms with E-state index < -0.39 is 6.10 Å². The number of nitriles is 1. The molecule has 9 nitrogen and oxygen atoms in total. The SMILES string of the molecule is Cc1cc(NC(=O)CN2CCN(C(=O)C(C)Oc3cccc(C#N)c3)CC2)no1. The van der Waals surface area contributed by atoms with Crippen molar-refractivity contribution in [2.24, 2.45) is 0 Å². The lowest BCUT2D eigenvalue weighted by molar-refractivity contribution is -0.139. The van der Waals surface area contributed by atoms with Gasteiger partial charge < -0.3 is 19.5 Å². The number of aryl methyl sites for hydroxylation is 1. The minimum Gasteiger partial charge on any atom is -0.481 e. The van der Waals surface area contributed by atoms with Crippen molar-refractivity contribution in [2.75, 3.05) is 38.0 Å². The number of nitrogens with one attached hydrogen (secondary N) is 1. The molecule has 1 fully saturated rings. The molecule has 1 aliphatic rings. The summed E-state index contributed by atoms with van der Waals surface area (Å²) in [5, 5.41) is 15.4. The number of piperazine rings is 1. The van der Waals surface area contributed by atoms with E-state index in [0.29, 0.717) is 49.1 Å². The first-order chi connectivity index (χ1) is 13.9. The molecule has 0 bridgehead atoms. The van der Waals surface area contributed by atoms with Crippen molar-refractivity contribution < 1.29 is 18.8 Å². The number of hydrogen-bond donors (Lipinski definition) is 1. The smallest absolute Gasteiger partial charge is 0.263 e. The van der Waals surface area contributed by atoms with E-state index in [1.54, 1.807) is 49.1 Å². The van der Waals surface area contributed by atoms with Crippen molar-refractivity contribution in [3.05, 3.63) is 41.7 Å². The van der Waals surface area contributed by atoms with Crippen molar-refractivity contribution in [3.8, 4) is 11.8 Å². The molecule has 1 atom stereocenters. The van der Waals surface area contributed by atoms with Crippen molar-refractivity contribution in [2.45, 2.75) is 20.0 Å². The van der Waals surface area contributed by atoms with Gasteiger partial charge in [-0.2, -0.15) is 5.26 Å². The maximum Gasteiger partial charge on any atom is 0.263 e. The van der Waals surface area contributed by atoms with Crippen LogP contribution in [0.2, 0.25) is 0 Å². The molecule has 0 aliphatic carbocycles. The van der Waals surface area contributed by atoms with Crippen LogP contribution in [0.5, 0.6) is 5.75 Å². The van der Waals surface area contributed by atoms with Gasteiger partial charge in [0.25, 0.3) is 5.91 Å². The highest BCUT2D eigenvalue weighted by Gasteiger charge is 2.27. The first-order valence-corrected chi connectivity index (χ1v) is 9.36. The summed E-state index contributed by atoms with van der Waals surface area (Å²) in [6, 6.07) is 10.4. The number of hydrogen-bond acceptors (Lipinski definition) is 7. The Bertz CT molecular complexity index is 912. The van der Waals surface area contributed by atoms with Crippen molar-refractivity contribution >= 4 is 17.6 Å². The highest BCUT2D eigenvalue weighted by Crippen LogP contribution is 2.16. The molecule has 2 aromatic rings. The van der Waals surface area contributed by atoms with Gasteiger partial charge in [-0.1, -0.05) is 11.2 Å². The largest absolute Gasteiger partial charge is 0.481 e. The third kappa shape index (κ3) is 5.56. The molecule has 2 heterocycles. The Kier molecular flexibility index (Phi) is 6.46. The molecule has 0 spiro atoms. The molecule has 0 saturated carbocycles. The van der Waals surface area contributed by atoms with Gasteiger partial charge in [0.05, 0.1) is 18.2 Å². The number of carbonyl (C=O) groups is 2. The molecule has 2 amide bonds. The average Bonchev–Trinajstić information content (AvgIpc) is 3.12. The van der Waals surface area contributed by atoms with Gasteiger partial charge in [-0.15, -0.1) is 0 Å². The van der Waals surface area contributed by atoms with Gasteiger partial charge in [-0.05, 0) is 32.0 Å². The monoisotopic (exact) mass is 397 g/mol. The van der Waals surface area contributed by atoms with E-state index >= 15 is 0 Å². The van der Waals surface area contributed by atoms with E-state index in [4.69, 9.17) is 14.5 Å². The molecule has 152 valence electrons. The van der Waals surface area contributed by atoms with Gasteiger partial charge in [0.1, 0.15) is 11.5 Å². The standard InChI is InChI=1S/C20H23N5O4/c1-14-10-18(23-29-14)22-19(26)13-24-6-8-25(9-7-24)20(27)15(2)28-17-5-3-4-16(11-17)12-21/h3-5,10-11,15H,6-9,13H2,1-2H3,(H,22,23,26). The van der Waals surface area contributed by atoms with Crippen LogP contribution in [0.1, 0.15) is 18.2 Å². The predicted octanol–water partition coefficient (Wildman–Crippen LogP) is 1.40. The molecular formula is C20H23N5O4. The second kappa shape index (κ2) is 9.21. The minimum absolute atomic E-state index is 0.116. The number of rotatable bonds is 6. The molecule has 1 aromatic carbocycles. The van der Waals surface area contributed by atoms with E-state index in [1.807, 2.05) is 11.0 Å². The quantitative estimate of drug-likeness (QED) is 0.784. The molecule has 9 heteroatoms. The van der Waals surface area contributed by atoms with Crippen LogP contribution in [0.3, 0.4) is 0 Å². The van der Waals surface area contributed by atoms with Crippen LogP contribution in [0.15, 0.2) is 34.9 Å². The van der Waals surface area contributed by atoms with Gasteiger partial charge in [0, 0.05) is 32.2 Å². The minimum atomic E-state index is -0.658. The summed E-state index contributed by atoms with van der Waals surface area (Å²) in [5.74, 6) is 1.22. The summed E-state index contributed by atoms with van der Waals surface area (Å²) in [7, 11) is 0. The maximum atomic E-state index is 12.6. The molecule has 3 rings (SSSR count). The molecule has 29 heavy (non-hydrogen) atoms. The number of carbonyl (C=O) groups excluding carboxylic acids is 2. The molecular weight excluding hydrogens is 374 g/mol. The summed E-state index contributed by atoms with van der Waals surface area (Å²) >= 11 is 0. The Hall–Kier alpha value is -3.38. The Morgan fingerprint density at radius 1 is 1.31 bits per heavy atom. The topological polar surface area (TPSA) is 112 Å². The van der Waals surface area contributed by atoms with Gasteiger partial charge in [0.2, 0.25) is 5.91 Å². The van der Waals surface area contributed by atoms with Crippen LogP contribution in [-0.4, -0.2) is 65.6 Å². The van der Waals surface area contributed by atoms with Crippen molar-refractivity contribution in [1.29, 1.82) is 5.26 Å². The molecule has 1 aliphatic heterocycles. The number of nitrogens with zero attached hydrogens (tertiary/aromatic N) is 4. The number of aromatic nitrogens is 1. The van der Waals surface area contributed by atoms with Gasteiger partial charge >= 0.3 is 0 Å². The maximum absolute atomic E-state index is 12.6. The average molecular weight is 397 g/mol. The fraction of sp³-hybridized carbons (Fsp3) is 0.400. The normalized spacial score (nSPS) is 15.4. The molecule has 1 saturated heterocycles. The van der Waals surface area contributed by atoms with E-state index in [0.717, 1.165) is 0 Å². The molecule has 1 aromatic heterocycles. The third-order valence-electron chi connectivity index (χ3n) is 4.57. The Morgan fingerprint density at radius 3 is 2.72 bits per heavy atom. The van der Waals surface area contributed by atoms with Crippen LogP contribution >= 0.6 is 0 Å². The van der Waals surface area contributed by atoms with E-state index in [9.17, 15) is 9.59 Å². The predicted molar refractivity (Wildman–Crippen MR) is 104 cm³/mol. The van der Waals surface area contributed by atoms with Gasteiger partial charge in [-0.3, -0.25) is 14.5 Å². The third-order valence-corrected chi connectivity index (χ3v) is 4.57. The van der Waals surface area contributed by atoms with Crippen LogP contribution < -0.4 is 10.1 Å². The van der Waals surface area contributed by atoms with Crippen LogP contribution in [0, 0.1) is 18.3 Å². The summed E-state index contributed by atoms with van der Waals surface area (Å²) in [6.45, 7) is 5.88.